The van der Waals surface area contributed by atoms with Gasteiger partial charge in [0.1, 0.15) is 0 Å². The minimum absolute atomic E-state index is 0.0307. The summed E-state index contributed by atoms with van der Waals surface area (Å²) in [5.41, 5.74) is 0. The zero-order valence-corrected chi connectivity index (χ0v) is 11.0. The van der Waals surface area contributed by atoms with Crippen molar-refractivity contribution < 1.29 is 4.79 Å². The molecule has 1 aromatic heterocycles. The minimum Gasteiger partial charge on any atom is -0.330 e. The molecule has 0 aliphatic heterocycles. The highest BCUT2D eigenvalue weighted by Crippen LogP contribution is 2.18. The molecule has 0 unspecified atom stereocenters. The number of thiazole rings is 1. The van der Waals surface area contributed by atoms with Crippen molar-refractivity contribution in [3.05, 3.63) is 11.6 Å². The summed E-state index contributed by atoms with van der Waals surface area (Å²) in [4.78, 5) is 21.4. The average molecular weight is 242 g/mol. The molecule has 0 bridgehead atoms. The molecule has 0 saturated heterocycles. The number of rotatable bonds is 4. The van der Waals surface area contributed by atoms with E-state index in [0.717, 1.165) is 11.7 Å². The van der Waals surface area contributed by atoms with Crippen LogP contribution in [0, 0.1) is 0 Å². The number of anilines is 1. The summed E-state index contributed by atoms with van der Waals surface area (Å²) in [6.45, 7) is 1.47. The Kier molecular flexibility index (Phi) is 4.70. The largest absolute Gasteiger partial charge is 0.330 e. The van der Waals surface area contributed by atoms with Crippen LogP contribution in [-0.2, 0) is 0 Å². The predicted molar refractivity (Wildman–Crippen MR) is 67.1 cm³/mol. The molecule has 1 aromatic rings. The Hall–Kier alpha value is -1.14. The monoisotopic (exact) mass is 242 g/mol. The number of carbonyl (C=O) groups is 1. The van der Waals surface area contributed by atoms with Crippen molar-refractivity contribution in [3.8, 4) is 0 Å². The van der Waals surface area contributed by atoms with E-state index in [1.807, 2.05) is 24.4 Å². The molecule has 0 saturated carbocycles. The van der Waals surface area contributed by atoms with Crippen LogP contribution in [0.4, 0.5) is 9.93 Å². The van der Waals surface area contributed by atoms with E-state index in [4.69, 9.17) is 0 Å². The number of nitrogens with zero attached hydrogens (tertiary/aromatic N) is 4. The zero-order valence-electron chi connectivity index (χ0n) is 10.2. The van der Waals surface area contributed by atoms with Crippen LogP contribution in [0.5, 0.6) is 0 Å². The van der Waals surface area contributed by atoms with Gasteiger partial charge in [0, 0.05) is 38.8 Å². The first-order valence-corrected chi connectivity index (χ1v) is 5.93. The molecule has 5 nitrogen and oxygen atoms in total. The number of likely N-dealkylation sites (N-methyl/N-ethyl adjacent to an activating group) is 1. The van der Waals surface area contributed by atoms with Gasteiger partial charge >= 0.3 is 6.03 Å². The summed E-state index contributed by atoms with van der Waals surface area (Å²) >= 11 is 1.48. The highest BCUT2D eigenvalue weighted by Gasteiger charge is 2.19. The molecule has 0 aliphatic carbocycles. The number of aromatic nitrogens is 1. The molecule has 0 aromatic carbocycles. The molecule has 0 aliphatic rings. The maximum Gasteiger partial charge on any atom is 0.325 e. The maximum atomic E-state index is 12.0. The topological polar surface area (TPSA) is 39.7 Å². The molecule has 0 N–H and O–H groups in total. The second-order valence-corrected chi connectivity index (χ2v) is 4.82. The molecular weight excluding hydrogens is 224 g/mol. The standard InChI is InChI=1S/C10H18N4OS/c1-12(2)6-7-14(10(15)13(3)4)9-11-5-8-16-9/h5,8H,6-7H2,1-4H3. The normalized spacial score (nSPS) is 10.6. The summed E-state index contributed by atoms with van der Waals surface area (Å²) < 4.78 is 0. The van der Waals surface area contributed by atoms with Gasteiger partial charge in [-0.05, 0) is 14.1 Å². The van der Waals surface area contributed by atoms with E-state index in [0.29, 0.717) is 6.54 Å². The van der Waals surface area contributed by atoms with Crippen LogP contribution in [0.15, 0.2) is 11.6 Å². The van der Waals surface area contributed by atoms with E-state index in [2.05, 4.69) is 4.98 Å². The zero-order chi connectivity index (χ0) is 12.1. The third-order valence-corrected chi connectivity index (χ3v) is 2.83. The summed E-state index contributed by atoms with van der Waals surface area (Å²) in [5.74, 6) is 0. The van der Waals surface area contributed by atoms with E-state index in [9.17, 15) is 4.79 Å². The lowest BCUT2D eigenvalue weighted by Gasteiger charge is -2.25. The maximum absolute atomic E-state index is 12.0. The fraction of sp³-hybridized carbons (Fsp3) is 0.600. The Labute approximate surface area is 100 Å². The highest BCUT2D eigenvalue weighted by atomic mass is 32.1. The first-order valence-electron chi connectivity index (χ1n) is 5.05. The number of urea groups is 1. The number of carbonyl (C=O) groups excluding carboxylic acids is 1. The first-order chi connectivity index (χ1) is 7.52. The van der Waals surface area contributed by atoms with Gasteiger partial charge in [-0.3, -0.25) is 4.90 Å². The third kappa shape index (κ3) is 3.46. The SMILES string of the molecule is CN(C)CCN(C(=O)N(C)C)c1nccs1. The van der Waals surface area contributed by atoms with Crippen molar-refractivity contribution in [2.24, 2.45) is 0 Å². The van der Waals surface area contributed by atoms with Crippen LogP contribution in [0.3, 0.4) is 0 Å². The summed E-state index contributed by atoms with van der Waals surface area (Å²) in [7, 11) is 7.47. The molecule has 0 fully saturated rings. The fourth-order valence-corrected chi connectivity index (χ4v) is 1.83. The van der Waals surface area contributed by atoms with Crippen LogP contribution in [0.2, 0.25) is 0 Å². The highest BCUT2D eigenvalue weighted by molar-refractivity contribution is 7.13. The van der Waals surface area contributed by atoms with Gasteiger partial charge in [-0.2, -0.15) is 0 Å². The van der Waals surface area contributed by atoms with Gasteiger partial charge in [-0.1, -0.05) is 0 Å². The predicted octanol–water partition coefficient (Wildman–Crippen LogP) is 1.19. The molecule has 0 radical (unpaired) electrons. The Bertz CT molecular complexity index is 324. The minimum atomic E-state index is -0.0307. The Morgan fingerprint density at radius 1 is 1.31 bits per heavy atom. The van der Waals surface area contributed by atoms with Gasteiger partial charge in [0.15, 0.2) is 5.13 Å². The fourth-order valence-electron chi connectivity index (χ4n) is 1.16. The molecule has 1 heterocycles. The lowest BCUT2D eigenvalue weighted by atomic mass is 10.5. The lowest BCUT2D eigenvalue weighted by Crippen LogP contribution is -2.42. The van der Waals surface area contributed by atoms with Crippen LogP contribution in [-0.4, -0.2) is 62.1 Å². The van der Waals surface area contributed by atoms with Gasteiger partial charge in [0.25, 0.3) is 0 Å². The second-order valence-electron chi connectivity index (χ2n) is 3.95. The van der Waals surface area contributed by atoms with Crippen LogP contribution in [0.25, 0.3) is 0 Å². The van der Waals surface area contributed by atoms with Gasteiger partial charge in [0.2, 0.25) is 0 Å². The first kappa shape index (κ1) is 12.9. The van der Waals surface area contributed by atoms with Crippen molar-refractivity contribution in [3.63, 3.8) is 0 Å². The van der Waals surface area contributed by atoms with Crippen molar-refractivity contribution in [1.82, 2.24) is 14.8 Å². The van der Waals surface area contributed by atoms with Crippen molar-refractivity contribution >= 4 is 22.5 Å². The smallest absolute Gasteiger partial charge is 0.325 e. The van der Waals surface area contributed by atoms with Gasteiger partial charge in [-0.15, -0.1) is 11.3 Å². The molecule has 2 amide bonds. The van der Waals surface area contributed by atoms with E-state index < -0.39 is 0 Å². The number of amides is 2. The van der Waals surface area contributed by atoms with Crippen LogP contribution < -0.4 is 4.90 Å². The van der Waals surface area contributed by atoms with Gasteiger partial charge in [-0.25, -0.2) is 9.78 Å². The number of hydrogen-bond acceptors (Lipinski definition) is 4. The second kappa shape index (κ2) is 5.81. The Balaban J connectivity index is 2.74. The van der Waals surface area contributed by atoms with Crippen LogP contribution in [0.1, 0.15) is 0 Å². The molecule has 0 atom stereocenters. The van der Waals surface area contributed by atoms with E-state index in [1.54, 1.807) is 30.1 Å². The van der Waals surface area contributed by atoms with E-state index in [1.165, 1.54) is 11.3 Å². The van der Waals surface area contributed by atoms with Crippen molar-refractivity contribution in [1.29, 1.82) is 0 Å². The molecule has 90 valence electrons. The molecule has 1 rings (SSSR count). The average Bonchev–Trinajstić information content (AvgIpc) is 2.70. The summed E-state index contributed by atoms with van der Waals surface area (Å²) in [6.07, 6.45) is 1.71. The number of hydrogen-bond donors (Lipinski definition) is 0. The summed E-state index contributed by atoms with van der Waals surface area (Å²) in [6, 6.07) is -0.0307. The Morgan fingerprint density at radius 3 is 2.44 bits per heavy atom. The van der Waals surface area contributed by atoms with Crippen molar-refractivity contribution in [2.75, 3.05) is 46.2 Å². The lowest BCUT2D eigenvalue weighted by molar-refractivity contribution is 0.223. The third-order valence-electron chi connectivity index (χ3n) is 2.03. The molecule has 6 heteroatoms. The summed E-state index contributed by atoms with van der Waals surface area (Å²) in [5, 5.41) is 2.63. The quantitative estimate of drug-likeness (QED) is 0.796. The Morgan fingerprint density at radius 2 is 2.00 bits per heavy atom. The molecule has 0 spiro atoms. The van der Waals surface area contributed by atoms with E-state index in [-0.39, 0.29) is 6.03 Å². The van der Waals surface area contributed by atoms with Gasteiger partial charge < -0.3 is 9.80 Å². The van der Waals surface area contributed by atoms with Crippen molar-refractivity contribution in [2.45, 2.75) is 0 Å². The van der Waals surface area contributed by atoms with Gasteiger partial charge in [0.05, 0.1) is 0 Å². The molecular formula is C10H18N4OS. The van der Waals surface area contributed by atoms with Crippen LogP contribution >= 0.6 is 11.3 Å². The van der Waals surface area contributed by atoms with E-state index >= 15 is 0 Å². The molecule has 16 heavy (non-hydrogen) atoms.